The molecule has 196 valence electrons. The lowest BCUT2D eigenvalue weighted by Crippen LogP contribution is -2.24. The van der Waals surface area contributed by atoms with Gasteiger partial charge in [-0.05, 0) is 61.4 Å². The third-order valence-corrected chi connectivity index (χ3v) is 6.50. The molecule has 2 amide bonds. The monoisotopic (exact) mass is 539 g/mol. The van der Waals surface area contributed by atoms with Crippen LogP contribution in [0.5, 0.6) is 0 Å². The lowest BCUT2D eigenvalue weighted by Gasteiger charge is -2.14. The van der Waals surface area contributed by atoms with Crippen LogP contribution in [0.2, 0.25) is 0 Å². The Bertz CT molecular complexity index is 1450. The Kier molecular flexibility index (Phi) is 8.16. The van der Waals surface area contributed by atoms with Crippen molar-refractivity contribution in [3.8, 4) is 5.69 Å². The average Bonchev–Trinajstić information content (AvgIpc) is 3.31. The molecule has 38 heavy (non-hydrogen) atoms. The maximum Gasteiger partial charge on any atom is 0.416 e. The summed E-state index contributed by atoms with van der Waals surface area (Å²) in [5.74, 6) is -0.514. The number of aromatic nitrogens is 3. The number of alkyl halides is 3. The SMILES string of the molecule is Cc1ccc(C)c(NC(=O)CSc2nnc(CNC(=O)c3ccccc3)n2-c2cccc(C(F)(F)F)c2)c1. The van der Waals surface area contributed by atoms with E-state index in [9.17, 15) is 22.8 Å². The van der Waals surface area contributed by atoms with Gasteiger partial charge in [0.2, 0.25) is 5.91 Å². The van der Waals surface area contributed by atoms with Crippen LogP contribution in [0.3, 0.4) is 0 Å². The summed E-state index contributed by atoms with van der Waals surface area (Å²) < 4.78 is 41.7. The van der Waals surface area contributed by atoms with Crippen LogP contribution in [0.4, 0.5) is 18.9 Å². The number of amides is 2. The van der Waals surface area contributed by atoms with Gasteiger partial charge in [0.05, 0.1) is 23.5 Å². The fourth-order valence-electron chi connectivity index (χ4n) is 3.63. The summed E-state index contributed by atoms with van der Waals surface area (Å²) in [6, 6.07) is 18.9. The van der Waals surface area contributed by atoms with Crippen molar-refractivity contribution in [3.05, 3.63) is 101 Å². The van der Waals surface area contributed by atoms with Crippen LogP contribution in [0.1, 0.15) is 32.9 Å². The first-order valence-electron chi connectivity index (χ1n) is 11.6. The number of nitrogens with zero attached hydrogens (tertiary/aromatic N) is 3. The second kappa shape index (κ2) is 11.5. The molecule has 1 heterocycles. The zero-order chi connectivity index (χ0) is 27.3. The zero-order valence-electron chi connectivity index (χ0n) is 20.5. The van der Waals surface area contributed by atoms with Gasteiger partial charge in [-0.15, -0.1) is 10.2 Å². The van der Waals surface area contributed by atoms with Crippen molar-refractivity contribution in [2.45, 2.75) is 31.7 Å². The Hall–Kier alpha value is -4.12. The molecular formula is C27H24F3N5O2S. The number of rotatable bonds is 8. The Labute approximate surface area is 221 Å². The highest BCUT2D eigenvalue weighted by molar-refractivity contribution is 7.99. The van der Waals surface area contributed by atoms with E-state index in [2.05, 4.69) is 20.8 Å². The molecule has 0 atom stereocenters. The number of halogens is 3. The standard InChI is InChI=1S/C27H24F3N5O2S/c1-17-11-12-18(2)22(13-17)32-24(36)16-38-26-34-33-23(15-31-25(37)19-7-4-3-5-8-19)35(26)21-10-6-9-20(14-21)27(28,29)30/h3-14H,15-16H2,1-2H3,(H,31,37)(H,32,36). The number of aryl methyl sites for hydroxylation is 2. The summed E-state index contributed by atoms with van der Waals surface area (Å²) in [6.45, 7) is 3.70. The van der Waals surface area contributed by atoms with Crippen molar-refractivity contribution >= 4 is 29.3 Å². The van der Waals surface area contributed by atoms with E-state index < -0.39 is 11.7 Å². The minimum Gasteiger partial charge on any atom is -0.345 e. The van der Waals surface area contributed by atoms with Gasteiger partial charge in [-0.1, -0.05) is 48.2 Å². The second-order valence-electron chi connectivity index (χ2n) is 8.49. The van der Waals surface area contributed by atoms with Crippen LogP contribution in [0.15, 0.2) is 78.0 Å². The predicted molar refractivity (Wildman–Crippen MR) is 139 cm³/mol. The average molecular weight is 540 g/mol. The minimum atomic E-state index is -4.55. The molecule has 0 radical (unpaired) electrons. The van der Waals surface area contributed by atoms with Gasteiger partial charge in [-0.3, -0.25) is 14.2 Å². The summed E-state index contributed by atoms with van der Waals surface area (Å²) in [6.07, 6.45) is -4.55. The minimum absolute atomic E-state index is 0.0547. The summed E-state index contributed by atoms with van der Waals surface area (Å²) in [5.41, 5.74) is 2.31. The maximum atomic E-state index is 13.4. The summed E-state index contributed by atoms with van der Waals surface area (Å²) in [5, 5.41) is 14.0. The van der Waals surface area contributed by atoms with E-state index in [4.69, 9.17) is 0 Å². The number of carbonyl (C=O) groups excluding carboxylic acids is 2. The number of anilines is 1. The van der Waals surface area contributed by atoms with E-state index >= 15 is 0 Å². The van der Waals surface area contributed by atoms with Gasteiger partial charge < -0.3 is 10.6 Å². The zero-order valence-corrected chi connectivity index (χ0v) is 21.4. The number of nitrogens with one attached hydrogen (secondary N) is 2. The van der Waals surface area contributed by atoms with Gasteiger partial charge in [0.15, 0.2) is 11.0 Å². The van der Waals surface area contributed by atoms with Gasteiger partial charge >= 0.3 is 6.18 Å². The normalized spacial score (nSPS) is 11.3. The van der Waals surface area contributed by atoms with Crippen LogP contribution < -0.4 is 10.6 Å². The number of benzene rings is 3. The summed E-state index contributed by atoms with van der Waals surface area (Å²) >= 11 is 1.03. The molecule has 0 saturated carbocycles. The molecule has 0 aliphatic rings. The number of hydrogen-bond donors (Lipinski definition) is 2. The van der Waals surface area contributed by atoms with Crippen molar-refractivity contribution < 1.29 is 22.8 Å². The van der Waals surface area contributed by atoms with E-state index in [1.165, 1.54) is 16.7 Å². The van der Waals surface area contributed by atoms with Crippen molar-refractivity contribution in [2.24, 2.45) is 0 Å². The number of carbonyl (C=O) groups is 2. The van der Waals surface area contributed by atoms with Crippen molar-refractivity contribution in [1.82, 2.24) is 20.1 Å². The van der Waals surface area contributed by atoms with Crippen LogP contribution in [0.25, 0.3) is 5.69 Å². The maximum absolute atomic E-state index is 13.4. The molecule has 0 fully saturated rings. The van der Waals surface area contributed by atoms with Crippen molar-refractivity contribution in [2.75, 3.05) is 11.1 Å². The highest BCUT2D eigenvalue weighted by Gasteiger charge is 2.31. The quantitative estimate of drug-likeness (QED) is 0.286. The van der Waals surface area contributed by atoms with Crippen LogP contribution >= 0.6 is 11.8 Å². The molecule has 0 saturated heterocycles. The molecule has 11 heteroatoms. The fraction of sp³-hybridized carbons (Fsp3) is 0.185. The second-order valence-corrected chi connectivity index (χ2v) is 9.43. The molecule has 7 nitrogen and oxygen atoms in total. The van der Waals surface area contributed by atoms with Gasteiger partial charge in [0.25, 0.3) is 5.91 Å². The van der Waals surface area contributed by atoms with Crippen LogP contribution in [-0.4, -0.2) is 32.3 Å². The Morgan fingerprint density at radius 1 is 0.947 bits per heavy atom. The Balaban J connectivity index is 1.58. The van der Waals surface area contributed by atoms with E-state index in [-0.39, 0.29) is 40.8 Å². The Morgan fingerprint density at radius 2 is 1.71 bits per heavy atom. The van der Waals surface area contributed by atoms with E-state index in [1.807, 2.05) is 32.0 Å². The number of thioether (sulfide) groups is 1. The molecule has 0 aliphatic heterocycles. The topological polar surface area (TPSA) is 88.9 Å². The first-order chi connectivity index (χ1) is 18.1. The molecule has 0 aliphatic carbocycles. The highest BCUT2D eigenvalue weighted by Crippen LogP contribution is 2.32. The van der Waals surface area contributed by atoms with E-state index in [0.29, 0.717) is 11.3 Å². The van der Waals surface area contributed by atoms with Crippen LogP contribution in [-0.2, 0) is 17.5 Å². The van der Waals surface area contributed by atoms with Crippen LogP contribution in [0, 0.1) is 13.8 Å². The number of hydrogen-bond acceptors (Lipinski definition) is 5. The van der Waals surface area contributed by atoms with Gasteiger partial charge in [0.1, 0.15) is 0 Å². The fourth-order valence-corrected chi connectivity index (χ4v) is 4.40. The third kappa shape index (κ3) is 6.60. The van der Waals surface area contributed by atoms with Gasteiger partial charge in [-0.2, -0.15) is 13.2 Å². The molecular weight excluding hydrogens is 515 g/mol. The molecule has 0 spiro atoms. The van der Waals surface area contributed by atoms with Crippen molar-refractivity contribution in [1.29, 1.82) is 0 Å². The largest absolute Gasteiger partial charge is 0.416 e. The summed E-state index contributed by atoms with van der Waals surface area (Å²) in [4.78, 5) is 25.2. The molecule has 0 unspecified atom stereocenters. The first-order valence-corrected chi connectivity index (χ1v) is 12.6. The van der Waals surface area contributed by atoms with Crippen molar-refractivity contribution in [3.63, 3.8) is 0 Å². The molecule has 4 aromatic rings. The molecule has 2 N–H and O–H groups in total. The Morgan fingerprint density at radius 3 is 2.45 bits per heavy atom. The van der Waals surface area contributed by atoms with E-state index in [1.54, 1.807) is 30.3 Å². The van der Waals surface area contributed by atoms with Gasteiger partial charge in [-0.25, -0.2) is 0 Å². The first kappa shape index (κ1) is 26.9. The lowest BCUT2D eigenvalue weighted by atomic mass is 10.1. The predicted octanol–water partition coefficient (Wildman–Crippen LogP) is 5.56. The smallest absolute Gasteiger partial charge is 0.345 e. The molecule has 3 aromatic carbocycles. The summed E-state index contributed by atoms with van der Waals surface area (Å²) in [7, 11) is 0. The highest BCUT2D eigenvalue weighted by atomic mass is 32.2. The molecule has 0 bridgehead atoms. The molecule has 4 rings (SSSR count). The van der Waals surface area contributed by atoms with E-state index in [0.717, 1.165) is 35.0 Å². The lowest BCUT2D eigenvalue weighted by molar-refractivity contribution is -0.137. The molecule has 1 aromatic heterocycles. The van der Waals surface area contributed by atoms with Gasteiger partial charge in [0, 0.05) is 11.3 Å². The third-order valence-electron chi connectivity index (χ3n) is 5.57.